The number of ether oxygens (including phenoxy) is 2. The number of imidazole rings is 1. The van der Waals surface area contributed by atoms with Gasteiger partial charge in [0.25, 0.3) is 5.91 Å². The van der Waals surface area contributed by atoms with E-state index in [4.69, 9.17) is 9.47 Å². The van der Waals surface area contributed by atoms with E-state index in [-0.39, 0.29) is 5.91 Å². The fraction of sp³-hybridized carbons (Fsp3) is 0.370. The number of rotatable bonds is 6. The number of hydrogen-bond acceptors (Lipinski definition) is 8. The van der Waals surface area contributed by atoms with E-state index in [1.54, 1.807) is 32.3 Å². The van der Waals surface area contributed by atoms with Gasteiger partial charge in [0.15, 0.2) is 0 Å². The summed E-state index contributed by atoms with van der Waals surface area (Å²) in [5.74, 6) is 3.63. The molecule has 0 radical (unpaired) electrons. The van der Waals surface area contributed by atoms with E-state index in [1.165, 1.54) is 0 Å². The van der Waals surface area contributed by atoms with Crippen LogP contribution >= 0.6 is 0 Å². The van der Waals surface area contributed by atoms with Crippen molar-refractivity contribution in [2.75, 3.05) is 45.3 Å². The van der Waals surface area contributed by atoms with E-state index >= 15 is 0 Å². The summed E-state index contributed by atoms with van der Waals surface area (Å²) in [7, 11) is 5.01. The summed E-state index contributed by atoms with van der Waals surface area (Å²) in [6, 6.07) is 9.31. The van der Waals surface area contributed by atoms with Crippen molar-refractivity contribution < 1.29 is 14.3 Å². The molecular weight excluding hydrogens is 484 g/mol. The van der Waals surface area contributed by atoms with E-state index in [0.29, 0.717) is 54.9 Å². The van der Waals surface area contributed by atoms with Gasteiger partial charge < -0.3 is 19.3 Å². The molecule has 0 bridgehead atoms. The van der Waals surface area contributed by atoms with Gasteiger partial charge in [0.05, 0.1) is 25.6 Å². The predicted molar refractivity (Wildman–Crippen MR) is 143 cm³/mol. The van der Waals surface area contributed by atoms with Gasteiger partial charge in [-0.25, -0.2) is 15.0 Å². The smallest absolute Gasteiger partial charge is 0.272 e. The van der Waals surface area contributed by atoms with Gasteiger partial charge in [-0.05, 0) is 45.0 Å². The molecule has 0 aliphatic carbocycles. The number of amides is 1. The molecule has 1 aliphatic heterocycles. The van der Waals surface area contributed by atoms with Crippen LogP contribution < -0.4 is 14.4 Å². The summed E-state index contributed by atoms with van der Waals surface area (Å²) in [6.45, 7) is 8.37. The summed E-state index contributed by atoms with van der Waals surface area (Å²) in [6.07, 6.45) is 1.79. The minimum absolute atomic E-state index is 0.0585. The first kappa shape index (κ1) is 25.2. The molecule has 5 rings (SSSR count). The number of aryl methyl sites for hydroxylation is 3. The summed E-state index contributed by atoms with van der Waals surface area (Å²) in [5, 5.41) is 4.60. The standard InChI is InChI=1S/C27H32N8O3/c1-17-18(2)35(16-28-17)26-15-25(29-19(3)30-26)33-9-11-34(12-10-33)27(36)23-14-22(31-32(23)4)21-13-20(37-5)7-8-24(21)38-6/h7-8,13-16H,9-12H2,1-6H3. The van der Waals surface area contributed by atoms with Gasteiger partial charge in [0.2, 0.25) is 0 Å². The molecule has 0 saturated carbocycles. The van der Waals surface area contributed by atoms with Crippen LogP contribution in [0.1, 0.15) is 27.7 Å². The molecule has 3 aromatic heterocycles. The molecule has 4 heterocycles. The van der Waals surface area contributed by atoms with E-state index in [2.05, 4.69) is 25.0 Å². The molecule has 38 heavy (non-hydrogen) atoms. The molecule has 198 valence electrons. The van der Waals surface area contributed by atoms with Crippen LogP contribution in [0.4, 0.5) is 5.82 Å². The van der Waals surface area contributed by atoms with Crippen LogP contribution in [0.5, 0.6) is 11.5 Å². The molecule has 0 N–H and O–H groups in total. The predicted octanol–water partition coefficient (Wildman–Crippen LogP) is 2.97. The Morgan fingerprint density at radius 3 is 2.32 bits per heavy atom. The minimum Gasteiger partial charge on any atom is -0.497 e. The number of aromatic nitrogens is 6. The molecule has 1 saturated heterocycles. The van der Waals surface area contributed by atoms with Gasteiger partial charge in [-0.2, -0.15) is 5.10 Å². The number of hydrogen-bond donors (Lipinski definition) is 0. The summed E-state index contributed by atoms with van der Waals surface area (Å²) in [4.78, 5) is 31.2. The Hall–Kier alpha value is -4.41. The highest BCUT2D eigenvalue weighted by molar-refractivity contribution is 5.94. The van der Waals surface area contributed by atoms with Crippen LogP contribution in [0.15, 0.2) is 36.7 Å². The zero-order chi connectivity index (χ0) is 27.0. The Bertz CT molecular complexity index is 1480. The number of carbonyl (C=O) groups excluding carboxylic acids is 1. The first-order valence-corrected chi connectivity index (χ1v) is 12.5. The van der Waals surface area contributed by atoms with Crippen LogP contribution in [0.2, 0.25) is 0 Å². The van der Waals surface area contributed by atoms with Gasteiger partial charge in [0, 0.05) is 50.6 Å². The Morgan fingerprint density at radius 2 is 1.66 bits per heavy atom. The SMILES string of the molecule is COc1ccc(OC)c(-c2cc(C(=O)N3CCN(c4cc(-n5cnc(C)c5C)nc(C)n4)CC3)n(C)n2)c1. The number of methoxy groups -OCH3 is 2. The highest BCUT2D eigenvalue weighted by atomic mass is 16.5. The van der Waals surface area contributed by atoms with Crippen molar-refractivity contribution in [1.29, 1.82) is 0 Å². The van der Waals surface area contributed by atoms with Crippen LogP contribution in [0.3, 0.4) is 0 Å². The van der Waals surface area contributed by atoms with Crippen LogP contribution in [0.25, 0.3) is 17.1 Å². The first-order valence-electron chi connectivity index (χ1n) is 12.5. The normalized spacial score (nSPS) is 13.6. The van der Waals surface area contributed by atoms with Gasteiger partial charge >= 0.3 is 0 Å². The first-order chi connectivity index (χ1) is 18.3. The summed E-state index contributed by atoms with van der Waals surface area (Å²) in [5.41, 5.74) is 3.96. The number of nitrogens with zero attached hydrogens (tertiary/aromatic N) is 8. The maximum atomic E-state index is 13.5. The molecule has 0 spiro atoms. The Morgan fingerprint density at radius 1 is 0.921 bits per heavy atom. The fourth-order valence-corrected chi connectivity index (χ4v) is 4.67. The second-order valence-electron chi connectivity index (χ2n) is 9.30. The third-order valence-corrected chi connectivity index (χ3v) is 6.98. The number of anilines is 1. The molecule has 0 atom stereocenters. The quantitative estimate of drug-likeness (QED) is 0.385. The van der Waals surface area contributed by atoms with Crippen molar-refractivity contribution in [2.24, 2.45) is 7.05 Å². The average Bonchev–Trinajstić information content (AvgIpc) is 3.48. The molecular formula is C27H32N8O3. The zero-order valence-electron chi connectivity index (χ0n) is 22.6. The molecule has 1 fully saturated rings. The minimum atomic E-state index is -0.0585. The Kier molecular flexibility index (Phi) is 6.75. The van der Waals surface area contributed by atoms with Gasteiger partial charge in [-0.15, -0.1) is 0 Å². The van der Waals surface area contributed by atoms with Crippen LogP contribution in [0, 0.1) is 20.8 Å². The fourth-order valence-electron chi connectivity index (χ4n) is 4.67. The second kappa shape index (κ2) is 10.2. The van der Waals surface area contributed by atoms with Crippen molar-refractivity contribution in [3.05, 3.63) is 59.6 Å². The maximum absolute atomic E-state index is 13.5. The van der Waals surface area contributed by atoms with Crippen molar-refractivity contribution in [3.8, 4) is 28.6 Å². The van der Waals surface area contributed by atoms with Crippen molar-refractivity contribution in [2.45, 2.75) is 20.8 Å². The Labute approximate surface area is 221 Å². The highest BCUT2D eigenvalue weighted by Gasteiger charge is 2.26. The molecule has 1 amide bonds. The Balaban J connectivity index is 1.32. The lowest BCUT2D eigenvalue weighted by Gasteiger charge is -2.35. The summed E-state index contributed by atoms with van der Waals surface area (Å²) < 4.78 is 14.5. The monoisotopic (exact) mass is 516 g/mol. The zero-order valence-corrected chi connectivity index (χ0v) is 22.6. The number of carbonyl (C=O) groups is 1. The lowest BCUT2D eigenvalue weighted by Crippen LogP contribution is -2.49. The molecule has 1 aliphatic rings. The third kappa shape index (κ3) is 4.67. The highest BCUT2D eigenvalue weighted by Crippen LogP contribution is 2.33. The molecule has 1 aromatic carbocycles. The van der Waals surface area contributed by atoms with Gasteiger partial charge in [-0.1, -0.05) is 0 Å². The number of benzene rings is 1. The second-order valence-corrected chi connectivity index (χ2v) is 9.30. The molecule has 4 aromatic rings. The lowest BCUT2D eigenvalue weighted by atomic mass is 10.1. The topological polar surface area (TPSA) is 103 Å². The molecule has 11 heteroatoms. The van der Waals surface area contributed by atoms with Crippen LogP contribution in [-0.4, -0.2) is 80.5 Å². The van der Waals surface area contributed by atoms with E-state index in [9.17, 15) is 4.79 Å². The molecule has 0 unspecified atom stereocenters. The van der Waals surface area contributed by atoms with Gasteiger partial charge in [-0.3, -0.25) is 14.0 Å². The number of piperazine rings is 1. The third-order valence-electron chi connectivity index (χ3n) is 6.98. The average molecular weight is 517 g/mol. The van der Waals surface area contributed by atoms with Crippen LogP contribution in [-0.2, 0) is 7.05 Å². The van der Waals surface area contributed by atoms with Crippen molar-refractivity contribution in [3.63, 3.8) is 0 Å². The van der Waals surface area contributed by atoms with Gasteiger partial charge in [0.1, 0.15) is 41.0 Å². The van der Waals surface area contributed by atoms with Crippen molar-refractivity contribution in [1.82, 2.24) is 34.2 Å². The summed E-state index contributed by atoms with van der Waals surface area (Å²) >= 11 is 0. The van der Waals surface area contributed by atoms with E-state index in [1.807, 2.05) is 60.6 Å². The lowest BCUT2D eigenvalue weighted by molar-refractivity contribution is 0.0735. The van der Waals surface area contributed by atoms with E-state index in [0.717, 1.165) is 28.6 Å². The maximum Gasteiger partial charge on any atom is 0.272 e. The van der Waals surface area contributed by atoms with Crippen molar-refractivity contribution >= 4 is 11.7 Å². The largest absolute Gasteiger partial charge is 0.497 e. The molecule has 11 nitrogen and oxygen atoms in total. The van der Waals surface area contributed by atoms with E-state index < -0.39 is 0 Å².